The number of esters is 1. The van der Waals surface area contributed by atoms with Crippen LogP contribution in [0.5, 0.6) is 5.75 Å². The molecule has 0 fully saturated rings. The number of aromatic amines is 1. The zero-order chi connectivity index (χ0) is 20.6. The van der Waals surface area contributed by atoms with Crippen molar-refractivity contribution in [2.75, 3.05) is 6.54 Å². The summed E-state index contributed by atoms with van der Waals surface area (Å²) in [5, 5.41) is 15.1. The van der Waals surface area contributed by atoms with Gasteiger partial charge in [0.15, 0.2) is 5.75 Å². The molecule has 0 amide bonds. The van der Waals surface area contributed by atoms with Gasteiger partial charge in [-0.25, -0.2) is 0 Å². The largest absolute Gasteiger partial charge is 0.424 e. The molecule has 6 nitrogen and oxygen atoms in total. The summed E-state index contributed by atoms with van der Waals surface area (Å²) in [6, 6.07) is 14.8. The Hall–Kier alpha value is -2.96. The number of hydrogen-bond donors (Lipinski definition) is 3. The summed E-state index contributed by atoms with van der Waals surface area (Å²) < 4.78 is 5.20. The maximum Gasteiger partial charge on any atom is 0.308 e. The normalized spacial score (nSPS) is 15.8. The van der Waals surface area contributed by atoms with Crippen LogP contribution >= 0.6 is 0 Å². The van der Waals surface area contributed by atoms with E-state index >= 15 is 0 Å². The second kappa shape index (κ2) is 7.46. The van der Waals surface area contributed by atoms with Gasteiger partial charge in [-0.2, -0.15) is 0 Å². The minimum atomic E-state index is -0.782. The number of pyridine rings is 1. The summed E-state index contributed by atoms with van der Waals surface area (Å²) in [4.78, 5) is 25.9. The maximum atomic E-state index is 11.8. The maximum absolute atomic E-state index is 11.8. The molecular formula is C23H24N2O4. The van der Waals surface area contributed by atoms with Crippen LogP contribution < -0.4 is 15.6 Å². The van der Waals surface area contributed by atoms with Crippen LogP contribution in [-0.2, 0) is 17.6 Å². The van der Waals surface area contributed by atoms with Crippen LogP contribution in [0.3, 0.4) is 0 Å². The Kier molecular flexibility index (Phi) is 4.98. The van der Waals surface area contributed by atoms with Crippen molar-refractivity contribution < 1.29 is 14.6 Å². The van der Waals surface area contributed by atoms with Crippen molar-refractivity contribution in [1.82, 2.24) is 10.3 Å². The Morgan fingerprint density at radius 2 is 1.86 bits per heavy atom. The Morgan fingerprint density at radius 3 is 2.52 bits per heavy atom. The summed E-state index contributed by atoms with van der Waals surface area (Å²) in [6.45, 7) is 3.84. The highest BCUT2D eigenvalue weighted by Crippen LogP contribution is 2.32. The SMILES string of the molecule is CC(=O)Oc1ccc([C@@H](O)CNC2(C)Cc3ccccc3C2)c2ccc(=O)[nH]c12. The predicted octanol–water partition coefficient (Wildman–Crippen LogP) is 2.63. The van der Waals surface area contributed by atoms with E-state index in [1.165, 1.54) is 24.1 Å². The molecule has 0 bridgehead atoms. The molecule has 1 heterocycles. The average molecular weight is 392 g/mol. The second-order valence-corrected chi connectivity index (χ2v) is 7.94. The molecule has 2 aromatic carbocycles. The summed E-state index contributed by atoms with van der Waals surface area (Å²) in [5.41, 5.74) is 3.33. The van der Waals surface area contributed by atoms with Crippen LogP contribution in [0.1, 0.15) is 36.6 Å². The first-order valence-electron chi connectivity index (χ1n) is 9.69. The predicted molar refractivity (Wildman–Crippen MR) is 111 cm³/mol. The number of hydrogen-bond acceptors (Lipinski definition) is 5. The molecule has 0 spiro atoms. The molecular weight excluding hydrogens is 368 g/mol. The van der Waals surface area contributed by atoms with Crippen LogP contribution in [-0.4, -0.2) is 28.1 Å². The van der Waals surface area contributed by atoms with Gasteiger partial charge in [-0.3, -0.25) is 9.59 Å². The molecule has 6 heteroatoms. The number of benzene rings is 2. The van der Waals surface area contributed by atoms with Crippen molar-refractivity contribution in [1.29, 1.82) is 0 Å². The first-order valence-corrected chi connectivity index (χ1v) is 9.69. The van der Waals surface area contributed by atoms with E-state index in [1.807, 2.05) is 0 Å². The van der Waals surface area contributed by atoms with E-state index in [0.29, 0.717) is 23.0 Å². The Bertz CT molecular complexity index is 1110. The van der Waals surface area contributed by atoms with Gasteiger partial charge in [0.05, 0.1) is 11.6 Å². The lowest BCUT2D eigenvalue weighted by atomic mass is 9.97. The van der Waals surface area contributed by atoms with Crippen molar-refractivity contribution >= 4 is 16.9 Å². The zero-order valence-electron chi connectivity index (χ0n) is 16.5. The lowest BCUT2D eigenvalue weighted by Crippen LogP contribution is -2.45. The minimum Gasteiger partial charge on any atom is -0.424 e. The molecule has 0 radical (unpaired) electrons. The van der Waals surface area contributed by atoms with Gasteiger partial charge in [0.1, 0.15) is 0 Å². The number of aliphatic hydroxyl groups excluding tert-OH is 1. The monoisotopic (exact) mass is 392 g/mol. The highest BCUT2D eigenvalue weighted by molar-refractivity contribution is 5.89. The number of fused-ring (bicyclic) bond motifs is 2. The van der Waals surface area contributed by atoms with Crippen LogP contribution in [0, 0.1) is 0 Å². The highest BCUT2D eigenvalue weighted by Gasteiger charge is 2.32. The lowest BCUT2D eigenvalue weighted by molar-refractivity contribution is -0.131. The Morgan fingerprint density at radius 1 is 1.17 bits per heavy atom. The van der Waals surface area contributed by atoms with Crippen LogP contribution in [0.25, 0.3) is 10.9 Å². The highest BCUT2D eigenvalue weighted by atomic mass is 16.5. The average Bonchev–Trinajstić information content (AvgIpc) is 3.02. The lowest BCUT2D eigenvalue weighted by Gasteiger charge is -2.27. The third-order valence-corrected chi connectivity index (χ3v) is 5.51. The van der Waals surface area contributed by atoms with E-state index in [0.717, 1.165) is 12.8 Å². The molecule has 4 rings (SSSR count). The van der Waals surface area contributed by atoms with E-state index < -0.39 is 12.1 Å². The summed E-state index contributed by atoms with van der Waals surface area (Å²) in [5.74, 6) is -0.202. The van der Waals surface area contributed by atoms with Crippen LogP contribution in [0.4, 0.5) is 0 Å². The number of β-amino-alcohol motifs (C(OH)–C–C–N with tert-alkyl or cyclic N) is 1. The fraction of sp³-hybridized carbons (Fsp3) is 0.304. The van der Waals surface area contributed by atoms with E-state index in [2.05, 4.69) is 41.5 Å². The van der Waals surface area contributed by atoms with Gasteiger partial charge in [-0.1, -0.05) is 30.3 Å². The molecule has 150 valence electrons. The van der Waals surface area contributed by atoms with E-state index in [9.17, 15) is 14.7 Å². The van der Waals surface area contributed by atoms with E-state index in [4.69, 9.17) is 4.74 Å². The van der Waals surface area contributed by atoms with Gasteiger partial charge < -0.3 is 20.1 Å². The Balaban J connectivity index is 1.57. The number of ether oxygens (including phenoxy) is 1. The quantitative estimate of drug-likeness (QED) is 0.459. The number of aliphatic hydroxyl groups is 1. The van der Waals surface area contributed by atoms with Crippen molar-refractivity contribution in [3.05, 3.63) is 75.6 Å². The van der Waals surface area contributed by atoms with Gasteiger partial charge in [0, 0.05) is 30.5 Å². The van der Waals surface area contributed by atoms with Gasteiger partial charge in [0.2, 0.25) is 5.56 Å². The molecule has 0 aliphatic heterocycles. The van der Waals surface area contributed by atoms with Crippen LogP contribution in [0.2, 0.25) is 0 Å². The minimum absolute atomic E-state index is 0.119. The molecule has 0 unspecified atom stereocenters. The van der Waals surface area contributed by atoms with E-state index in [1.54, 1.807) is 18.2 Å². The summed E-state index contributed by atoms with van der Waals surface area (Å²) in [7, 11) is 0. The zero-order valence-corrected chi connectivity index (χ0v) is 16.5. The van der Waals surface area contributed by atoms with Crippen molar-refractivity contribution in [2.45, 2.75) is 38.3 Å². The molecule has 1 aromatic heterocycles. The van der Waals surface area contributed by atoms with Gasteiger partial charge in [-0.15, -0.1) is 0 Å². The smallest absolute Gasteiger partial charge is 0.308 e. The number of nitrogens with one attached hydrogen (secondary N) is 2. The van der Waals surface area contributed by atoms with Gasteiger partial charge in [-0.05, 0) is 48.6 Å². The first kappa shape index (κ1) is 19.4. The fourth-order valence-electron chi connectivity index (χ4n) is 4.16. The molecule has 29 heavy (non-hydrogen) atoms. The molecule has 0 saturated carbocycles. The number of carbonyl (C=O) groups excluding carboxylic acids is 1. The van der Waals surface area contributed by atoms with Crippen LogP contribution in [0.15, 0.2) is 53.3 Å². The topological polar surface area (TPSA) is 91.4 Å². The molecule has 3 aromatic rings. The third kappa shape index (κ3) is 3.95. The number of aromatic nitrogens is 1. The van der Waals surface area contributed by atoms with Gasteiger partial charge in [0.25, 0.3) is 0 Å². The molecule has 0 saturated heterocycles. The third-order valence-electron chi connectivity index (χ3n) is 5.51. The standard InChI is InChI=1S/C23H24N2O4/c1-14(26)29-20-9-7-17(18-8-10-21(28)25-22(18)20)19(27)13-24-23(2)11-15-5-3-4-6-16(15)12-23/h3-10,19,24,27H,11-13H2,1-2H3,(H,25,28)/t19-/m0/s1. The summed E-state index contributed by atoms with van der Waals surface area (Å²) >= 11 is 0. The molecule has 1 aliphatic rings. The van der Waals surface area contributed by atoms with Crippen molar-refractivity contribution in [2.24, 2.45) is 0 Å². The first-order chi connectivity index (χ1) is 13.8. The molecule has 1 aliphatic carbocycles. The second-order valence-electron chi connectivity index (χ2n) is 7.94. The van der Waals surface area contributed by atoms with Crippen molar-refractivity contribution in [3.63, 3.8) is 0 Å². The molecule has 1 atom stereocenters. The number of rotatable bonds is 5. The molecule has 3 N–H and O–H groups in total. The summed E-state index contributed by atoms with van der Waals surface area (Å²) in [6.07, 6.45) is 1.04. The number of H-pyrrole nitrogens is 1. The Labute approximate surface area is 168 Å². The fourth-order valence-corrected chi connectivity index (χ4v) is 4.16. The van der Waals surface area contributed by atoms with E-state index in [-0.39, 0.29) is 16.8 Å². The van der Waals surface area contributed by atoms with Crippen molar-refractivity contribution in [3.8, 4) is 5.75 Å². The number of carbonyl (C=O) groups is 1. The van der Waals surface area contributed by atoms with Gasteiger partial charge >= 0.3 is 5.97 Å².